The lowest BCUT2D eigenvalue weighted by atomic mass is 10.4. The molecule has 0 aliphatic heterocycles. The number of halogens is 2. The van der Waals surface area contributed by atoms with Gasteiger partial charge in [0.25, 0.3) is 6.43 Å². The van der Waals surface area contributed by atoms with Crippen molar-refractivity contribution in [3.63, 3.8) is 0 Å². The normalized spacial score (nSPS) is 10.1. The van der Waals surface area contributed by atoms with E-state index >= 15 is 0 Å². The Morgan fingerprint density at radius 3 is 2.77 bits per heavy atom. The molecule has 1 rings (SSSR count). The summed E-state index contributed by atoms with van der Waals surface area (Å²) in [4.78, 5) is 13.8. The highest BCUT2D eigenvalue weighted by Crippen LogP contribution is 2.09. The molecule has 0 radical (unpaired) electrons. The Morgan fingerprint density at radius 1 is 1.54 bits per heavy atom. The van der Waals surface area contributed by atoms with E-state index in [1.807, 2.05) is 0 Å². The fourth-order valence-electron chi connectivity index (χ4n) is 0.706. The van der Waals surface area contributed by atoms with E-state index in [9.17, 15) is 13.6 Å². The fraction of sp³-hybridized carbons (Fsp3) is 0.250. The van der Waals surface area contributed by atoms with E-state index in [1.165, 1.54) is 18.3 Å². The Labute approximate surface area is 73.4 Å². The van der Waals surface area contributed by atoms with Gasteiger partial charge in [0, 0.05) is 0 Å². The molecule has 70 valence electrons. The predicted octanol–water partition coefficient (Wildman–Crippen LogP) is 1.54. The number of hydrogen-bond donors (Lipinski definition) is 0. The summed E-state index contributed by atoms with van der Waals surface area (Å²) in [6, 6.07) is 2.81. The smallest absolute Gasteiger partial charge is 0.272 e. The summed E-state index contributed by atoms with van der Waals surface area (Å²) in [6.07, 6.45) is -0.714. The SMILES string of the molecule is O=Cc1ccc(OCC(F)F)cn1. The van der Waals surface area contributed by atoms with Crippen molar-refractivity contribution in [2.75, 3.05) is 6.61 Å². The van der Waals surface area contributed by atoms with Gasteiger partial charge in [-0.05, 0) is 12.1 Å². The van der Waals surface area contributed by atoms with Crippen LogP contribution in [-0.2, 0) is 0 Å². The van der Waals surface area contributed by atoms with Crippen LogP contribution >= 0.6 is 0 Å². The Kier molecular flexibility index (Phi) is 3.31. The molecule has 0 N–H and O–H groups in total. The minimum atomic E-state index is -2.51. The van der Waals surface area contributed by atoms with Crippen molar-refractivity contribution in [1.82, 2.24) is 4.98 Å². The van der Waals surface area contributed by atoms with Gasteiger partial charge in [0.05, 0.1) is 6.20 Å². The third-order valence-electron chi connectivity index (χ3n) is 1.26. The lowest BCUT2D eigenvalue weighted by molar-refractivity contribution is 0.0816. The van der Waals surface area contributed by atoms with Crippen LogP contribution in [0.3, 0.4) is 0 Å². The summed E-state index contributed by atoms with van der Waals surface area (Å²) in [7, 11) is 0. The molecule has 3 nitrogen and oxygen atoms in total. The van der Waals surface area contributed by atoms with Crippen LogP contribution < -0.4 is 4.74 Å². The third-order valence-corrected chi connectivity index (χ3v) is 1.26. The standard InChI is InChI=1S/C8H7F2NO2/c9-8(10)5-13-7-2-1-6(4-12)11-3-7/h1-4,8H,5H2. The zero-order valence-corrected chi connectivity index (χ0v) is 6.61. The summed E-state index contributed by atoms with van der Waals surface area (Å²) >= 11 is 0. The highest BCUT2D eigenvalue weighted by molar-refractivity contribution is 5.71. The number of ether oxygens (including phenoxy) is 1. The molecule has 0 bridgehead atoms. The van der Waals surface area contributed by atoms with E-state index in [-0.39, 0.29) is 11.4 Å². The number of nitrogens with zero attached hydrogens (tertiary/aromatic N) is 1. The van der Waals surface area contributed by atoms with Crippen LogP contribution in [0, 0.1) is 0 Å². The van der Waals surface area contributed by atoms with Crippen molar-refractivity contribution in [1.29, 1.82) is 0 Å². The quantitative estimate of drug-likeness (QED) is 0.671. The molecule has 13 heavy (non-hydrogen) atoms. The third kappa shape index (κ3) is 3.14. The van der Waals surface area contributed by atoms with Crippen molar-refractivity contribution < 1.29 is 18.3 Å². The van der Waals surface area contributed by atoms with Crippen LogP contribution in [-0.4, -0.2) is 24.3 Å². The zero-order chi connectivity index (χ0) is 9.68. The average Bonchev–Trinajstić information content (AvgIpc) is 2.15. The molecule has 0 aliphatic carbocycles. The first-order valence-electron chi connectivity index (χ1n) is 3.54. The van der Waals surface area contributed by atoms with Crippen LogP contribution in [0.1, 0.15) is 10.5 Å². The Morgan fingerprint density at radius 2 is 2.31 bits per heavy atom. The highest BCUT2D eigenvalue weighted by Gasteiger charge is 2.03. The maximum Gasteiger partial charge on any atom is 0.272 e. The van der Waals surface area contributed by atoms with Gasteiger partial charge in [-0.25, -0.2) is 13.8 Å². The monoisotopic (exact) mass is 187 g/mol. The number of aromatic nitrogens is 1. The van der Waals surface area contributed by atoms with Crippen molar-refractivity contribution in [2.24, 2.45) is 0 Å². The van der Waals surface area contributed by atoms with Gasteiger partial charge < -0.3 is 4.74 Å². The van der Waals surface area contributed by atoms with Gasteiger partial charge in [-0.2, -0.15) is 0 Å². The molecule has 0 saturated heterocycles. The van der Waals surface area contributed by atoms with Gasteiger partial charge in [-0.15, -0.1) is 0 Å². The fourth-order valence-corrected chi connectivity index (χ4v) is 0.706. The predicted molar refractivity (Wildman–Crippen MR) is 41.1 cm³/mol. The largest absolute Gasteiger partial charge is 0.486 e. The van der Waals surface area contributed by atoms with Crippen LogP contribution in [0.2, 0.25) is 0 Å². The van der Waals surface area contributed by atoms with Crippen molar-refractivity contribution in [3.05, 3.63) is 24.0 Å². The lowest BCUT2D eigenvalue weighted by Crippen LogP contribution is -2.07. The van der Waals surface area contributed by atoms with E-state index in [4.69, 9.17) is 0 Å². The Balaban J connectivity index is 2.54. The lowest BCUT2D eigenvalue weighted by Gasteiger charge is -2.03. The maximum atomic E-state index is 11.7. The number of carbonyl (C=O) groups excluding carboxylic acids is 1. The summed E-state index contributed by atoms with van der Waals surface area (Å²) in [5, 5.41) is 0. The number of pyridine rings is 1. The highest BCUT2D eigenvalue weighted by atomic mass is 19.3. The molecule has 5 heteroatoms. The second-order valence-corrected chi connectivity index (χ2v) is 2.24. The molecule has 0 amide bonds. The molecule has 0 fully saturated rings. The second-order valence-electron chi connectivity index (χ2n) is 2.24. The minimum Gasteiger partial charge on any atom is -0.486 e. The van der Waals surface area contributed by atoms with E-state index in [1.54, 1.807) is 0 Å². The first kappa shape index (κ1) is 9.57. The van der Waals surface area contributed by atoms with Gasteiger partial charge in [0.2, 0.25) is 0 Å². The van der Waals surface area contributed by atoms with Crippen LogP contribution in [0.15, 0.2) is 18.3 Å². The molecule has 0 atom stereocenters. The van der Waals surface area contributed by atoms with Gasteiger partial charge in [0.15, 0.2) is 6.29 Å². The summed E-state index contributed by atoms with van der Waals surface area (Å²) in [5.74, 6) is 0.228. The second kappa shape index (κ2) is 4.49. The topological polar surface area (TPSA) is 39.2 Å². The number of aldehydes is 1. The van der Waals surface area contributed by atoms with E-state index < -0.39 is 13.0 Å². The van der Waals surface area contributed by atoms with Crippen LogP contribution in [0.25, 0.3) is 0 Å². The van der Waals surface area contributed by atoms with Gasteiger partial charge >= 0.3 is 0 Å². The summed E-state index contributed by atoms with van der Waals surface area (Å²) in [6.45, 7) is -0.665. The summed E-state index contributed by atoms with van der Waals surface area (Å²) < 4.78 is 28.0. The number of alkyl halides is 2. The Bertz CT molecular complexity index is 274. The molecule has 1 aromatic heterocycles. The molecule has 0 saturated carbocycles. The van der Waals surface area contributed by atoms with E-state index in [2.05, 4.69) is 9.72 Å². The molecule has 0 aromatic carbocycles. The summed E-state index contributed by atoms with van der Waals surface area (Å²) in [5.41, 5.74) is 0.240. The number of carbonyl (C=O) groups is 1. The number of rotatable bonds is 4. The Hall–Kier alpha value is -1.52. The van der Waals surface area contributed by atoms with Crippen LogP contribution in [0.4, 0.5) is 8.78 Å². The minimum absolute atomic E-state index is 0.228. The van der Waals surface area contributed by atoms with Crippen molar-refractivity contribution >= 4 is 6.29 Å². The average molecular weight is 187 g/mol. The van der Waals surface area contributed by atoms with Crippen molar-refractivity contribution in [3.8, 4) is 5.75 Å². The van der Waals surface area contributed by atoms with E-state index in [0.29, 0.717) is 6.29 Å². The zero-order valence-electron chi connectivity index (χ0n) is 6.61. The molecular formula is C8H7F2NO2. The molecule has 0 spiro atoms. The van der Waals surface area contributed by atoms with Gasteiger partial charge in [0.1, 0.15) is 18.1 Å². The first-order chi connectivity index (χ1) is 6.22. The molecular weight excluding hydrogens is 180 g/mol. The first-order valence-corrected chi connectivity index (χ1v) is 3.54. The van der Waals surface area contributed by atoms with E-state index in [0.717, 1.165) is 0 Å². The van der Waals surface area contributed by atoms with Gasteiger partial charge in [-0.1, -0.05) is 0 Å². The molecule has 0 aliphatic rings. The molecule has 1 aromatic rings. The van der Waals surface area contributed by atoms with Crippen molar-refractivity contribution in [2.45, 2.75) is 6.43 Å². The van der Waals surface area contributed by atoms with Crippen LogP contribution in [0.5, 0.6) is 5.75 Å². The molecule has 0 unspecified atom stereocenters. The molecule has 1 heterocycles. The van der Waals surface area contributed by atoms with Gasteiger partial charge in [-0.3, -0.25) is 4.79 Å². The maximum absolute atomic E-state index is 11.7. The number of hydrogen-bond acceptors (Lipinski definition) is 3.